The predicted molar refractivity (Wildman–Crippen MR) is 112 cm³/mol. The van der Waals surface area contributed by atoms with Crippen molar-refractivity contribution in [2.24, 2.45) is 7.05 Å². The van der Waals surface area contributed by atoms with Crippen molar-refractivity contribution in [2.45, 2.75) is 31.3 Å². The monoisotopic (exact) mass is 436 g/mol. The number of H-pyrrole nitrogens is 1. The van der Waals surface area contributed by atoms with Crippen LogP contribution in [0.4, 0.5) is 13.2 Å². The van der Waals surface area contributed by atoms with Gasteiger partial charge in [-0.25, -0.2) is 13.2 Å². The Morgan fingerprint density at radius 1 is 1.12 bits per heavy atom. The quantitative estimate of drug-likeness (QED) is 0.455. The molecule has 1 fully saturated rings. The Hall–Kier alpha value is -3.55. The smallest absolute Gasteiger partial charge is 0.256 e. The first kappa shape index (κ1) is 19.2. The van der Waals surface area contributed by atoms with Gasteiger partial charge < -0.3 is 9.88 Å². The largest absolute Gasteiger partial charge is 0.361 e. The molecule has 0 radical (unpaired) electrons. The van der Waals surface area contributed by atoms with Crippen molar-refractivity contribution in [1.29, 1.82) is 0 Å². The van der Waals surface area contributed by atoms with Crippen molar-refractivity contribution >= 4 is 16.8 Å². The maximum atomic E-state index is 13.9. The molecule has 5 nitrogen and oxygen atoms in total. The van der Waals surface area contributed by atoms with Crippen LogP contribution in [0.15, 0.2) is 42.6 Å². The molecule has 1 N–H and O–H groups in total. The van der Waals surface area contributed by atoms with E-state index in [1.54, 1.807) is 11.7 Å². The minimum absolute atomic E-state index is 0.0386. The minimum Gasteiger partial charge on any atom is -0.361 e. The summed E-state index contributed by atoms with van der Waals surface area (Å²) in [6.45, 7) is 0. The first-order valence-corrected chi connectivity index (χ1v) is 10.5. The minimum atomic E-state index is -1.49. The Morgan fingerprint density at radius 3 is 2.69 bits per heavy atom. The molecule has 0 unspecified atom stereocenters. The third-order valence-electron chi connectivity index (χ3n) is 6.74. The summed E-state index contributed by atoms with van der Waals surface area (Å²) < 4.78 is 42.9. The van der Waals surface area contributed by atoms with E-state index in [0.29, 0.717) is 17.7 Å². The zero-order valence-electron chi connectivity index (χ0n) is 17.2. The topological polar surface area (TPSA) is 53.9 Å². The highest BCUT2D eigenvalue weighted by molar-refractivity contribution is 6.06. The van der Waals surface area contributed by atoms with E-state index in [-0.39, 0.29) is 23.6 Å². The van der Waals surface area contributed by atoms with E-state index in [4.69, 9.17) is 0 Å². The second kappa shape index (κ2) is 6.72. The number of aromatic amines is 1. The third kappa shape index (κ3) is 2.58. The molecule has 1 saturated heterocycles. The van der Waals surface area contributed by atoms with Crippen LogP contribution in [0.5, 0.6) is 0 Å². The van der Waals surface area contributed by atoms with E-state index >= 15 is 0 Å². The van der Waals surface area contributed by atoms with Crippen LogP contribution in [-0.4, -0.2) is 31.6 Å². The first-order valence-electron chi connectivity index (χ1n) is 10.5. The summed E-state index contributed by atoms with van der Waals surface area (Å²) in [5.41, 5.74) is 3.84. The van der Waals surface area contributed by atoms with E-state index in [1.165, 1.54) is 0 Å². The zero-order valence-corrected chi connectivity index (χ0v) is 17.2. The Morgan fingerprint density at radius 2 is 1.91 bits per heavy atom. The Kier molecular flexibility index (Phi) is 4.02. The number of nitrogens with zero attached hydrogens (tertiary/aromatic N) is 3. The molecule has 2 aromatic heterocycles. The molecule has 4 aromatic rings. The summed E-state index contributed by atoms with van der Waals surface area (Å²) in [6.07, 6.45) is 3.94. The van der Waals surface area contributed by atoms with Gasteiger partial charge in [0.05, 0.1) is 28.5 Å². The summed E-state index contributed by atoms with van der Waals surface area (Å²) in [6, 6.07) is 9.34. The van der Waals surface area contributed by atoms with Gasteiger partial charge in [0.1, 0.15) is 0 Å². The van der Waals surface area contributed by atoms with E-state index in [9.17, 15) is 18.0 Å². The van der Waals surface area contributed by atoms with Crippen LogP contribution >= 0.6 is 0 Å². The average molecular weight is 436 g/mol. The molecule has 2 atom stereocenters. The summed E-state index contributed by atoms with van der Waals surface area (Å²) in [7, 11) is 1.70. The van der Waals surface area contributed by atoms with Crippen LogP contribution in [-0.2, 0) is 13.5 Å². The van der Waals surface area contributed by atoms with Gasteiger partial charge in [-0.2, -0.15) is 5.10 Å². The highest BCUT2D eigenvalue weighted by Crippen LogP contribution is 2.47. The summed E-state index contributed by atoms with van der Waals surface area (Å²) in [4.78, 5) is 18.7. The maximum absolute atomic E-state index is 13.9. The lowest BCUT2D eigenvalue weighted by Gasteiger charge is -2.34. The Labute approximate surface area is 181 Å². The molecular weight excluding hydrogens is 417 g/mol. The molecule has 2 bridgehead atoms. The van der Waals surface area contributed by atoms with Gasteiger partial charge in [-0.1, -0.05) is 12.1 Å². The highest BCUT2D eigenvalue weighted by atomic mass is 19.2. The molecule has 6 rings (SSSR count). The van der Waals surface area contributed by atoms with Crippen LogP contribution in [0.1, 0.15) is 40.5 Å². The van der Waals surface area contributed by atoms with Crippen LogP contribution in [0.2, 0.25) is 0 Å². The van der Waals surface area contributed by atoms with Gasteiger partial charge in [0, 0.05) is 35.8 Å². The number of hydrogen-bond acceptors (Lipinski definition) is 2. The number of halogens is 3. The molecule has 2 aliphatic rings. The number of amides is 1. The molecule has 0 saturated carbocycles. The van der Waals surface area contributed by atoms with E-state index < -0.39 is 17.5 Å². The lowest BCUT2D eigenvalue weighted by molar-refractivity contribution is 0.0644. The van der Waals surface area contributed by atoms with Crippen molar-refractivity contribution in [3.63, 3.8) is 0 Å². The number of aromatic nitrogens is 3. The summed E-state index contributed by atoms with van der Waals surface area (Å²) >= 11 is 0. The average Bonchev–Trinajstić information content (AvgIpc) is 3.46. The molecule has 1 amide bonds. The molecule has 8 heteroatoms. The highest BCUT2D eigenvalue weighted by Gasteiger charge is 2.46. The van der Waals surface area contributed by atoms with Gasteiger partial charge in [-0.05, 0) is 43.5 Å². The van der Waals surface area contributed by atoms with Gasteiger partial charge in [-0.15, -0.1) is 0 Å². The molecule has 162 valence electrons. The molecule has 4 heterocycles. The standard InChI is InChI=1S/C24H19F3N4O/c1-30-23(13-9-17(25)20(27)18(26)10-13)16-11-14-5-6-19(22(16)29-30)31(14)24(32)15-4-2-3-12-7-8-28-21(12)15/h2-4,7-10,14,19,28H,5-6,11H2,1H3/t14-,19+/m1/s1. The lowest BCUT2D eigenvalue weighted by Crippen LogP contribution is -2.42. The van der Waals surface area contributed by atoms with Crippen LogP contribution < -0.4 is 0 Å². The maximum Gasteiger partial charge on any atom is 0.256 e. The van der Waals surface area contributed by atoms with Crippen molar-refractivity contribution in [2.75, 3.05) is 0 Å². The number of nitrogens with one attached hydrogen (secondary N) is 1. The van der Waals surface area contributed by atoms with Crippen LogP contribution in [0.25, 0.3) is 22.2 Å². The van der Waals surface area contributed by atoms with Crippen LogP contribution in [0, 0.1) is 17.5 Å². The van der Waals surface area contributed by atoms with E-state index in [1.807, 2.05) is 35.4 Å². The number of carbonyl (C=O) groups is 1. The number of fused-ring (bicyclic) bond motifs is 5. The van der Waals surface area contributed by atoms with Crippen molar-refractivity contribution in [3.8, 4) is 11.3 Å². The van der Waals surface area contributed by atoms with Crippen molar-refractivity contribution in [3.05, 3.63) is 76.9 Å². The second-order valence-electron chi connectivity index (χ2n) is 8.50. The summed E-state index contributed by atoms with van der Waals surface area (Å²) in [5, 5.41) is 5.62. The molecule has 0 aliphatic carbocycles. The Bertz CT molecular complexity index is 1380. The fraction of sp³-hybridized carbons (Fsp3) is 0.250. The number of carbonyl (C=O) groups excluding carboxylic acids is 1. The number of benzene rings is 2. The van der Waals surface area contributed by atoms with E-state index in [0.717, 1.165) is 47.1 Å². The number of aryl methyl sites for hydroxylation is 1. The predicted octanol–water partition coefficient (Wildman–Crippen LogP) is 4.89. The van der Waals surface area contributed by atoms with Crippen molar-refractivity contribution < 1.29 is 18.0 Å². The molecule has 2 aliphatic heterocycles. The van der Waals surface area contributed by atoms with Gasteiger partial charge in [0.2, 0.25) is 0 Å². The van der Waals surface area contributed by atoms with Gasteiger partial charge >= 0.3 is 0 Å². The number of para-hydroxylation sites is 1. The first-order chi connectivity index (χ1) is 15.4. The van der Waals surface area contributed by atoms with E-state index in [2.05, 4.69) is 10.1 Å². The molecular formula is C24H19F3N4O. The number of rotatable bonds is 2. The van der Waals surface area contributed by atoms with Gasteiger partial charge in [0.25, 0.3) is 5.91 Å². The normalized spacial score (nSPS) is 19.6. The van der Waals surface area contributed by atoms with Gasteiger partial charge in [0.15, 0.2) is 17.5 Å². The van der Waals surface area contributed by atoms with Crippen LogP contribution in [0.3, 0.4) is 0 Å². The van der Waals surface area contributed by atoms with Gasteiger partial charge in [-0.3, -0.25) is 9.48 Å². The SMILES string of the molecule is Cn1nc2c(c1-c1cc(F)c(F)c(F)c1)C[C@H]1CC[C@@H]2N1C(=O)c1cccc2cc[nH]c12. The number of hydrogen-bond donors (Lipinski definition) is 1. The second-order valence-corrected chi connectivity index (χ2v) is 8.50. The third-order valence-corrected chi connectivity index (χ3v) is 6.74. The molecule has 32 heavy (non-hydrogen) atoms. The molecule has 0 spiro atoms. The Balaban J connectivity index is 1.44. The molecule has 2 aromatic carbocycles. The lowest BCUT2D eigenvalue weighted by atomic mass is 9.94. The fourth-order valence-electron chi connectivity index (χ4n) is 5.41. The zero-order chi connectivity index (χ0) is 22.1. The summed E-state index contributed by atoms with van der Waals surface area (Å²) in [5.74, 6) is -4.00. The fourth-order valence-corrected chi connectivity index (χ4v) is 5.41. The van der Waals surface area contributed by atoms with Crippen molar-refractivity contribution in [1.82, 2.24) is 19.7 Å².